The van der Waals surface area contributed by atoms with Crippen LogP contribution in [0.2, 0.25) is 0 Å². The molecule has 1 saturated carbocycles. The minimum absolute atomic E-state index is 0.109. The van der Waals surface area contributed by atoms with Gasteiger partial charge in [-0.1, -0.05) is 37.5 Å². The number of amides is 1. The Bertz CT molecular complexity index is 959. The van der Waals surface area contributed by atoms with Crippen LogP contribution >= 0.6 is 0 Å². The fraction of sp³-hybridized carbons (Fsp3) is 0.318. The van der Waals surface area contributed by atoms with Gasteiger partial charge in [-0.25, -0.2) is 8.78 Å². The molecule has 1 heterocycles. The SMILES string of the molecule is Cc1ccc(-c2ccc(F)c(F)c2)cc1C1=C(O)C2(CCCCC2)NC1=O. The molecule has 3 nitrogen and oxygen atoms in total. The van der Waals surface area contributed by atoms with Gasteiger partial charge < -0.3 is 10.4 Å². The van der Waals surface area contributed by atoms with E-state index < -0.39 is 17.2 Å². The second-order valence-electron chi connectivity index (χ2n) is 7.48. The average Bonchev–Trinajstić information content (AvgIpc) is 2.88. The lowest BCUT2D eigenvalue weighted by molar-refractivity contribution is -0.116. The molecule has 0 aromatic heterocycles. The molecule has 1 spiro atoms. The zero-order chi connectivity index (χ0) is 19.2. The van der Waals surface area contributed by atoms with Crippen molar-refractivity contribution in [3.05, 3.63) is 64.9 Å². The highest BCUT2D eigenvalue weighted by Gasteiger charge is 2.46. The summed E-state index contributed by atoms with van der Waals surface area (Å²) >= 11 is 0. The van der Waals surface area contributed by atoms with Crippen molar-refractivity contribution in [3.63, 3.8) is 0 Å². The van der Waals surface area contributed by atoms with Gasteiger partial charge in [0.25, 0.3) is 5.91 Å². The molecular weight excluding hydrogens is 348 g/mol. The van der Waals surface area contributed by atoms with Crippen molar-refractivity contribution in [2.75, 3.05) is 0 Å². The molecular formula is C22H21F2NO2. The van der Waals surface area contributed by atoms with Crippen molar-refractivity contribution < 1.29 is 18.7 Å². The van der Waals surface area contributed by atoms with E-state index in [0.717, 1.165) is 49.8 Å². The molecule has 1 fully saturated rings. The van der Waals surface area contributed by atoms with Crippen molar-refractivity contribution in [1.29, 1.82) is 0 Å². The molecule has 0 saturated heterocycles. The Balaban J connectivity index is 1.81. The normalized spacial score (nSPS) is 18.9. The average molecular weight is 369 g/mol. The molecule has 2 N–H and O–H groups in total. The zero-order valence-corrected chi connectivity index (χ0v) is 15.1. The van der Waals surface area contributed by atoms with E-state index in [0.29, 0.717) is 22.3 Å². The lowest BCUT2D eigenvalue weighted by Crippen LogP contribution is -2.46. The Kier molecular flexibility index (Phi) is 4.25. The Labute approximate surface area is 156 Å². The number of benzene rings is 2. The highest BCUT2D eigenvalue weighted by Crippen LogP contribution is 2.42. The van der Waals surface area contributed by atoms with Crippen LogP contribution in [0.3, 0.4) is 0 Å². The van der Waals surface area contributed by atoms with Crippen molar-refractivity contribution in [2.45, 2.75) is 44.6 Å². The Hall–Kier alpha value is -2.69. The smallest absolute Gasteiger partial charge is 0.256 e. The number of aliphatic hydroxyl groups excluding tert-OH is 1. The summed E-state index contributed by atoms with van der Waals surface area (Å²) < 4.78 is 26.9. The third-order valence-electron chi connectivity index (χ3n) is 5.74. The van der Waals surface area contributed by atoms with Crippen LogP contribution in [0.25, 0.3) is 16.7 Å². The second kappa shape index (κ2) is 6.48. The lowest BCUT2D eigenvalue weighted by atomic mass is 9.80. The van der Waals surface area contributed by atoms with Crippen molar-refractivity contribution in [1.82, 2.24) is 5.32 Å². The van der Waals surface area contributed by atoms with E-state index in [9.17, 15) is 18.7 Å². The third-order valence-corrected chi connectivity index (χ3v) is 5.74. The minimum atomic E-state index is -0.920. The van der Waals surface area contributed by atoms with Gasteiger partial charge in [0.1, 0.15) is 5.76 Å². The van der Waals surface area contributed by atoms with Gasteiger partial charge in [-0.15, -0.1) is 0 Å². The van der Waals surface area contributed by atoms with E-state index in [-0.39, 0.29) is 11.7 Å². The third kappa shape index (κ3) is 2.91. The molecule has 0 atom stereocenters. The number of carbonyl (C=O) groups is 1. The first-order valence-corrected chi connectivity index (χ1v) is 9.24. The van der Waals surface area contributed by atoms with Crippen LogP contribution in [0.5, 0.6) is 0 Å². The predicted octanol–water partition coefficient (Wildman–Crippen LogP) is 5.04. The van der Waals surface area contributed by atoms with E-state index in [2.05, 4.69) is 5.32 Å². The Morgan fingerprint density at radius 2 is 1.63 bits per heavy atom. The highest BCUT2D eigenvalue weighted by molar-refractivity contribution is 6.23. The highest BCUT2D eigenvalue weighted by atomic mass is 19.2. The number of rotatable bonds is 2. The van der Waals surface area contributed by atoms with E-state index in [4.69, 9.17) is 0 Å². The van der Waals surface area contributed by atoms with Gasteiger partial charge in [-0.2, -0.15) is 0 Å². The van der Waals surface area contributed by atoms with Crippen molar-refractivity contribution in [3.8, 4) is 11.1 Å². The molecule has 27 heavy (non-hydrogen) atoms. The van der Waals surface area contributed by atoms with Crippen molar-refractivity contribution in [2.24, 2.45) is 0 Å². The van der Waals surface area contributed by atoms with E-state index in [1.54, 1.807) is 12.1 Å². The first-order chi connectivity index (χ1) is 12.9. The fourth-order valence-corrected chi connectivity index (χ4v) is 4.20. The molecule has 0 radical (unpaired) electrons. The number of hydrogen-bond acceptors (Lipinski definition) is 2. The summed E-state index contributed by atoms with van der Waals surface area (Å²) in [4.78, 5) is 12.7. The molecule has 4 rings (SSSR count). The summed E-state index contributed by atoms with van der Waals surface area (Å²) in [6.07, 6.45) is 4.49. The van der Waals surface area contributed by atoms with Crippen LogP contribution in [-0.4, -0.2) is 16.6 Å². The lowest BCUT2D eigenvalue weighted by Gasteiger charge is -2.33. The monoisotopic (exact) mass is 369 g/mol. The maximum Gasteiger partial charge on any atom is 0.256 e. The number of hydrogen-bond donors (Lipinski definition) is 2. The van der Waals surface area contributed by atoms with Gasteiger partial charge in [0.2, 0.25) is 0 Å². The van der Waals surface area contributed by atoms with Gasteiger partial charge in [0.15, 0.2) is 11.6 Å². The largest absolute Gasteiger partial charge is 0.509 e. The first-order valence-electron chi connectivity index (χ1n) is 9.24. The van der Waals surface area contributed by atoms with Crippen LogP contribution in [0, 0.1) is 18.6 Å². The second-order valence-corrected chi connectivity index (χ2v) is 7.48. The topological polar surface area (TPSA) is 49.3 Å². The number of carbonyl (C=O) groups excluding carboxylic acids is 1. The van der Waals surface area contributed by atoms with Gasteiger partial charge in [0, 0.05) is 0 Å². The molecule has 5 heteroatoms. The summed E-state index contributed by atoms with van der Waals surface area (Å²) in [6, 6.07) is 9.10. The van der Waals surface area contributed by atoms with Crippen molar-refractivity contribution >= 4 is 11.5 Å². The maximum atomic E-state index is 13.6. The molecule has 1 aliphatic carbocycles. The quantitative estimate of drug-likeness (QED) is 0.779. The Morgan fingerprint density at radius 3 is 2.33 bits per heavy atom. The number of aryl methyl sites for hydroxylation is 1. The van der Waals surface area contributed by atoms with Crippen LogP contribution in [0.4, 0.5) is 8.78 Å². The van der Waals surface area contributed by atoms with Crippen LogP contribution in [0.1, 0.15) is 43.2 Å². The molecule has 2 aromatic rings. The summed E-state index contributed by atoms with van der Waals surface area (Å²) in [5.74, 6) is -1.99. The Morgan fingerprint density at radius 1 is 0.963 bits per heavy atom. The molecule has 1 aliphatic heterocycles. The van der Waals surface area contributed by atoms with Gasteiger partial charge in [-0.05, 0) is 60.2 Å². The molecule has 1 amide bonds. The minimum Gasteiger partial charge on any atom is -0.509 e. The molecule has 2 aromatic carbocycles. The van der Waals surface area contributed by atoms with E-state index in [1.807, 2.05) is 13.0 Å². The number of halogens is 2. The summed E-state index contributed by atoms with van der Waals surface area (Å²) in [5.41, 5.74) is 2.27. The molecule has 140 valence electrons. The van der Waals surface area contributed by atoms with Gasteiger partial charge in [0.05, 0.1) is 11.1 Å². The van der Waals surface area contributed by atoms with Gasteiger partial charge >= 0.3 is 0 Å². The first kappa shape index (κ1) is 17.7. The fourth-order valence-electron chi connectivity index (χ4n) is 4.20. The molecule has 0 unspecified atom stereocenters. The molecule has 0 bridgehead atoms. The maximum absolute atomic E-state index is 13.6. The number of nitrogens with one attached hydrogen (secondary N) is 1. The van der Waals surface area contributed by atoms with Crippen LogP contribution < -0.4 is 5.32 Å². The summed E-state index contributed by atoms with van der Waals surface area (Å²) in [6.45, 7) is 1.86. The van der Waals surface area contributed by atoms with E-state index >= 15 is 0 Å². The van der Waals surface area contributed by atoms with Crippen LogP contribution in [-0.2, 0) is 4.79 Å². The zero-order valence-electron chi connectivity index (χ0n) is 15.1. The summed E-state index contributed by atoms with van der Waals surface area (Å²) in [5, 5.41) is 13.9. The molecule has 2 aliphatic rings. The standard InChI is InChI=1S/C22H21F2NO2/c1-13-5-6-14(15-7-8-17(23)18(24)12-15)11-16(13)19-20(26)22(25-21(19)27)9-3-2-4-10-22/h5-8,11-12,26H,2-4,9-10H2,1H3,(H,25,27). The van der Waals surface area contributed by atoms with Crippen LogP contribution in [0.15, 0.2) is 42.2 Å². The summed E-state index contributed by atoms with van der Waals surface area (Å²) in [7, 11) is 0. The predicted molar refractivity (Wildman–Crippen MR) is 100 cm³/mol. The van der Waals surface area contributed by atoms with Gasteiger partial charge in [-0.3, -0.25) is 4.79 Å². The van der Waals surface area contributed by atoms with E-state index in [1.165, 1.54) is 6.07 Å². The number of aliphatic hydroxyl groups is 1.